The zero-order valence-corrected chi connectivity index (χ0v) is 18.6. The van der Waals surface area contributed by atoms with E-state index in [1.807, 2.05) is 0 Å². The molecule has 0 aliphatic heterocycles. The number of halogens is 1. The minimum Gasteiger partial charge on any atom is -0.495 e. The summed E-state index contributed by atoms with van der Waals surface area (Å²) in [5, 5.41) is -0.977. The van der Waals surface area contributed by atoms with Crippen molar-refractivity contribution in [2.24, 2.45) is 0 Å². The predicted molar refractivity (Wildman–Crippen MR) is 119 cm³/mol. The first kappa shape index (κ1) is 22.7. The Morgan fingerprint density at radius 1 is 1.16 bits per heavy atom. The molecule has 0 amide bonds. The van der Waals surface area contributed by atoms with Gasteiger partial charge in [0.05, 0.1) is 32.5 Å². The number of benzene rings is 2. The zero-order chi connectivity index (χ0) is 22.6. The summed E-state index contributed by atoms with van der Waals surface area (Å²) in [7, 11) is -1.22. The molecule has 0 aliphatic rings. The maximum absolute atomic E-state index is 13.3. The lowest BCUT2D eigenvalue weighted by Gasteiger charge is -2.23. The molecule has 2 aromatic carbocycles. The van der Waals surface area contributed by atoms with E-state index in [1.165, 1.54) is 32.8 Å². The Hall–Kier alpha value is -3.03. The van der Waals surface area contributed by atoms with Crippen LogP contribution in [0.25, 0.3) is 11.1 Å². The minimum absolute atomic E-state index is 0.00116. The van der Waals surface area contributed by atoms with Gasteiger partial charge >= 0.3 is 5.97 Å². The van der Waals surface area contributed by atoms with Gasteiger partial charge in [-0.15, -0.1) is 6.58 Å². The predicted octanol–water partition coefficient (Wildman–Crippen LogP) is 5.09. The lowest BCUT2D eigenvalue weighted by Crippen LogP contribution is -2.21. The van der Waals surface area contributed by atoms with Gasteiger partial charge in [0.1, 0.15) is 16.6 Å². The fourth-order valence-corrected chi connectivity index (χ4v) is 5.49. The second-order valence-electron chi connectivity index (χ2n) is 6.63. The van der Waals surface area contributed by atoms with Crippen molar-refractivity contribution in [1.29, 1.82) is 0 Å². The van der Waals surface area contributed by atoms with E-state index >= 15 is 0 Å². The molecule has 31 heavy (non-hydrogen) atoms. The third-order valence-corrected chi connectivity index (χ3v) is 7.07. The third-order valence-electron chi connectivity index (χ3n) is 4.80. The van der Waals surface area contributed by atoms with Crippen LogP contribution in [0.4, 0.5) is 0 Å². The van der Waals surface area contributed by atoms with Crippen molar-refractivity contribution in [1.82, 2.24) is 0 Å². The van der Waals surface area contributed by atoms with Gasteiger partial charge in [-0.25, -0.2) is 13.2 Å². The van der Waals surface area contributed by atoms with E-state index in [9.17, 15) is 13.2 Å². The maximum atomic E-state index is 13.3. The number of ether oxygens (including phenoxy) is 2. The average molecular weight is 461 g/mol. The second kappa shape index (κ2) is 9.41. The number of carbonyl (C=O) groups excluding carboxylic acids is 1. The summed E-state index contributed by atoms with van der Waals surface area (Å²) in [6.45, 7) is 3.55. The molecular formula is C23H21ClO6S. The lowest BCUT2D eigenvalue weighted by atomic mass is 9.94. The summed E-state index contributed by atoms with van der Waals surface area (Å²) in [6, 6.07) is 11.6. The van der Waals surface area contributed by atoms with Gasteiger partial charge in [0.25, 0.3) is 0 Å². The quantitative estimate of drug-likeness (QED) is 0.344. The molecule has 6 nitrogen and oxygen atoms in total. The first-order valence-electron chi connectivity index (χ1n) is 9.24. The van der Waals surface area contributed by atoms with Crippen LogP contribution in [0.15, 0.2) is 72.1 Å². The van der Waals surface area contributed by atoms with E-state index in [2.05, 4.69) is 6.58 Å². The van der Waals surface area contributed by atoms with Crippen molar-refractivity contribution in [2.45, 2.75) is 5.25 Å². The van der Waals surface area contributed by atoms with E-state index in [4.69, 9.17) is 25.5 Å². The molecule has 162 valence electrons. The summed E-state index contributed by atoms with van der Waals surface area (Å²) in [4.78, 5) is 12.9. The molecule has 0 spiro atoms. The van der Waals surface area contributed by atoms with Crippen molar-refractivity contribution < 1.29 is 27.1 Å². The molecule has 1 atom stereocenters. The van der Waals surface area contributed by atoms with Crippen molar-refractivity contribution in [3.05, 3.63) is 89.4 Å². The highest BCUT2D eigenvalue weighted by Gasteiger charge is 2.35. The van der Waals surface area contributed by atoms with Gasteiger partial charge in [0, 0.05) is 16.1 Å². The minimum atomic E-state index is -3.84. The molecule has 3 aromatic rings. The first-order chi connectivity index (χ1) is 14.9. The Morgan fingerprint density at radius 2 is 1.90 bits per heavy atom. The smallest absolute Gasteiger partial charge is 0.342 e. The standard InChI is InChI=1S/C23H21ClO6S/c1-4-13-31(26,27)22(17-7-5-6-8-19(17)24)18-10-9-16(15-11-12-30-14-15)21(28-2)20(18)23(25)29-3/h4-12,14,22H,1,13H2,2-3H3. The molecule has 1 aromatic heterocycles. The van der Waals surface area contributed by atoms with Gasteiger partial charge in [0.2, 0.25) is 0 Å². The Morgan fingerprint density at radius 3 is 2.48 bits per heavy atom. The molecule has 1 unspecified atom stereocenters. The number of methoxy groups -OCH3 is 2. The van der Waals surface area contributed by atoms with Crippen LogP contribution in [0.1, 0.15) is 26.7 Å². The highest BCUT2D eigenvalue weighted by atomic mass is 35.5. The molecule has 8 heteroatoms. The topological polar surface area (TPSA) is 82.8 Å². The van der Waals surface area contributed by atoms with Crippen LogP contribution in [0.5, 0.6) is 5.75 Å². The molecule has 0 fully saturated rings. The molecule has 0 bridgehead atoms. The van der Waals surface area contributed by atoms with Crippen molar-refractivity contribution >= 4 is 27.4 Å². The van der Waals surface area contributed by atoms with Crippen LogP contribution in [0.3, 0.4) is 0 Å². The number of hydrogen-bond acceptors (Lipinski definition) is 6. The van der Waals surface area contributed by atoms with Crippen LogP contribution >= 0.6 is 11.6 Å². The number of rotatable bonds is 8. The molecule has 0 saturated carbocycles. The molecule has 1 heterocycles. The molecule has 0 radical (unpaired) electrons. The van der Waals surface area contributed by atoms with Gasteiger partial charge in [-0.1, -0.05) is 48.0 Å². The summed E-state index contributed by atoms with van der Waals surface area (Å²) >= 11 is 6.38. The Kier molecular flexibility index (Phi) is 6.87. The number of esters is 1. The summed E-state index contributed by atoms with van der Waals surface area (Å²) in [5.41, 5.74) is 1.76. The van der Waals surface area contributed by atoms with Crippen molar-refractivity contribution in [3.63, 3.8) is 0 Å². The number of carbonyl (C=O) groups is 1. The SMILES string of the molecule is C=CCS(=O)(=O)C(c1ccccc1Cl)c1ccc(-c2ccoc2)c(OC)c1C(=O)OC. The molecule has 0 aliphatic carbocycles. The number of hydrogen-bond donors (Lipinski definition) is 0. The Bertz CT molecular complexity index is 1200. The largest absolute Gasteiger partial charge is 0.495 e. The normalized spacial score (nSPS) is 12.2. The van der Waals surface area contributed by atoms with E-state index in [0.717, 1.165) is 0 Å². The zero-order valence-electron chi connectivity index (χ0n) is 17.0. The van der Waals surface area contributed by atoms with Crippen LogP contribution in [0, 0.1) is 0 Å². The van der Waals surface area contributed by atoms with Crippen LogP contribution in [-0.2, 0) is 14.6 Å². The monoisotopic (exact) mass is 460 g/mol. The molecule has 0 saturated heterocycles. The molecular weight excluding hydrogens is 440 g/mol. The third kappa shape index (κ3) is 4.38. The van der Waals surface area contributed by atoms with Gasteiger partial charge in [0.15, 0.2) is 9.84 Å². The van der Waals surface area contributed by atoms with Crippen LogP contribution in [0.2, 0.25) is 5.02 Å². The van der Waals surface area contributed by atoms with Gasteiger partial charge in [-0.05, 0) is 23.3 Å². The van der Waals surface area contributed by atoms with E-state index < -0.39 is 21.1 Å². The summed E-state index contributed by atoms with van der Waals surface area (Å²) in [6.07, 6.45) is 4.29. The average Bonchev–Trinajstić information content (AvgIpc) is 3.28. The Labute approximate surface area is 186 Å². The molecule has 3 rings (SSSR count). The highest BCUT2D eigenvalue weighted by molar-refractivity contribution is 7.92. The summed E-state index contributed by atoms with van der Waals surface area (Å²) in [5.74, 6) is -0.866. The van der Waals surface area contributed by atoms with Crippen LogP contribution in [-0.4, -0.2) is 34.4 Å². The maximum Gasteiger partial charge on any atom is 0.342 e. The lowest BCUT2D eigenvalue weighted by molar-refractivity contribution is 0.0596. The fraction of sp³-hybridized carbons (Fsp3) is 0.174. The number of furan rings is 1. The fourth-order valence-electron chi connectivity index (χ4n) is 3.49. The van der Waals surface area contributed by atoms with E-state index in [1.54, 1.807) is 42.5 Å². The van der Waals surface area contributed by atoms with Crippen molar-refractivity contribution in [3.8, 4) is 16.9 Å². The Balaban J connectivity index is 2.40. The highest BCUT2D eigenvalue weighted by Crippen LogP contribution is 2.43. The molecule has 0 N–H and O–H groups in total. The van der Waals surface area contributed by atoms with Crippen LogP contribution < -0.4 is 4.74 Å². The van der Waals surface area contributed by atoms with Gasteiger partial charge in [-0.3, -0.25) is 0 Å². The van der Waals surface area contributed by atoms with Crippen molar-refractivity contribution in [2.75, 3.05) is 20.0 Å². The number of sulfone groups is 1. The van der Waals surface area contributed by atoms with E-state index in [0.29, 0.717) is 16.7 Å². The second-order valence-corrected chi connectivity index (χ2v) is 9.17. The van der Waals surface area contributed by atoms with Gasteiger partial charge < -0.3 is 13.9 Å². The van der Waals surface area contributed by atoms with Gasteiger partial charge in [-0.2, -0.15) is 0 Å². The first-order valence-corrected chi connectivity index (χ1v) is 11.3. The summed E-state index contributed by atoms with van der Waals surface area (Å²) < 4.78 is 42.3. The van der Waals surface area contributed by atoms with E-state index in [-0.39, 0.29) is 27.7 Å².